The van der Waals surface area contributed by atoms with Crippen LogP contribution in [0.4, 0.5) is 13.2 Å². The van der Waals surface area contributed by atoms with E-state index in [1.807, 2.05) is 30.3 Å². The molecule has 0 aromatic heterocycles. The SMILES string of the molecule is FC(F)(F)C1=CC2(CC(c3ccccc3)=NO2)c2ccccc2O1. The zero-order valence-corrected chi connectivity index (χ0v) is 12.4. The van der Waals surface area contributed by atoms with E-state index in [4.69, 9.17) is 9.57 Å². The Morgan fingerprint density at radius 3 is 2.42 bits per heavy atom. The molecule has 0 amide bonds. The number of nitrogens with zero attached hydrogens (tertiary/aromatic N) is 1. The minimum Gasteiger partial charge on any atom is -0.452 e. The zero-order valence-electron chi connectivity index (χ0n) is 12.4. The van der Waals surface area contributed by atoms with Crippen LogP contribution in [-0.4, -0.2) is 11.9 Å². The van der Waals surface area contributed by atoms with Crippen LogP contribution >= 0.6 is 0 Å². The molecule has 2 heterocycles. The van der Waals surface area contributed by atoms with Crippen molar-refractivity contribution in [3.8, 4) is 5.75 Å². The lowest BCUT2D eigenvalue weighted by Crippen LogP contribution is -2.32. The average molecular weight is 331 g/mol. The van der Waals surface area contributed by atoms with E-state index < -0.39 is 17.5 Å². The Hall–Kier alpha value is -2.76. The number of hydrogen-bond donors (Lipinski definition) is 0. The topological polar surface area (TPSA) is 30.8 Å². The summed E-state index contributed by atoms with van der Waals surface area (Å²) in [7, 11) is 0. The van der Waals surface area contributed by atoms with Crippen LogP contribution in [0, 0.1) is 0 Å². The molecule has 0 radical (unpaired) electrons. The minimum absolute atomic E-state index is 0.136. The first-order chi connectivity index (χ1) is 11.5. The van der Waals surface area contributed by atoms with Crippen LogP contribution in [0.5, 0.6) is 5.75 Å². The molecule has 0 fully saturated rings. The van der Waals surface area contributed by atoms with Crippen LogP contribution in [0.2, 0.25) is 0 Å². The van der Waals surface area contributed by atoms with Gasteiger partial charge in [0.25, 0.3) is 0 Å². The van der Waals surface area contributed by atoms with Crippen molar-refractivity contribution >= 4 is 5.71 Å². The molecule has 0 bridgehead atoms. The number of benzene rings is 2. The molecule has 122 valence electrons. The Kier molecular flexibility index (Phi) is 3.16. The van der Waals surface area contributed by atoms with Crippen molar-refractivity contribution in [2.24, 2.45) is 5.16 Å². The molecule has 2 aromatic rings. The van der Waals surface area contributed by atoms with Crippen LogP contribution in [0.3, 0.4) is 0 Å². The molecular formula is C18H12F3NO2. The molecule has 24 heavy (non-hydrogen) atoms. The number of hydrogen-bond acceptors (Lipinski definition) is 3. The number of fused-ring (bicyclic) bond motifs is 2. The van der Waals surface area contributed by atoms with Gasteiger partial charge in [0.2, 0.25) is 5.76 Å². The van der Waals surface area contributed by atoms with Crippen molar-refractivity contribution in [3.05, 3.63) is 77.6 Å². The average Bonchev–Trinajstić information content (AvgIpc) is 3.00. The van der Waals surface area contributed by atoms with E-state index in [0.717, 1.165) is 11.6 Å². The zero-order chi connectivity index (χ0) is 16.8. The second-order valence-corrected chi connectivity index (χ2v) is 5.67. The summed E-state index contributed by atoms with van der Waals surface area (Å²) in [5.74, 6) is -0.942. The highest BCUT2D eigenvalue weighted by Crippen LogP contribution is 2.48. The molecule has 6 heteroatoms. The van der Waals surface area contributed by atoms with Crippen molar-refractivity contribution in [1.29, 1.82) is 0 Å². The highest BCUT2D eigenvalue weighted by molar-refractivity contribution is 6.02. The summed E-state index contributed by atoms with van der Waals surface area (Å²) in [6, 6.07) is 15.8. The van der Waals surface area contributed by atoms with Gasteiger partial charge in [-0.3, -0.25) is 0 Å². The number of alkyl halides is 3. The standard InChI is InChI=1S/C18H12F3NO2/c19-18(20,21)16-11-17(13-8-4-5-9-15(13)23-16)10-14(22-24-17)12-6-2-1-3-7-12/h1-9,11H,10H2. The summed E-state index contributed by atoms with van der Waals surface area (Å²) in [5, 5.41) is 4.05. The van der Waals surface area contributed by atoms with E-state index in [0.29, 0.717) is 11.3 Å². The number of rotatable bonds is 1. The monoisotopic (exact) mass is 331 g/mol. The van der Waals surface area contributed by atoms with Crippen LogP contribution < -0.4 is 4.74 Å². The Morgan fingerprint density at radius 2 is 1.67 bits per heavy atom. The highest BCUT2D eigenvalue weighted by atomic mass is 19.4. The van der Waals surface area contributed by atoms with Gasteiger partial charge in [-0.05, 0) is 11.6 Å². The molecule has 0 saturated heterocycles. The molecule has 2 aliphatic heterocycles. The fourth-order valence-electron chi connectivity index (χ4n) is 2.94. The summed E-state index contributed by atoms with van der Waals surface area (Å²) in [5.41, 5.74) is 0.656. The van der Waals surface area contributed by atoms with Crippen LogP contribution in [-0.2, 0) is 10.4 Å². The van der Waals surface area contributed by atoms with E-state index in [1.54, 1.807) is 18.2 Å². The van der Waals surface area contributed by atoms with Gasteiger partial charge in [0, 0.05) is 18.1 Å². The lowest BCUT2D eigenvalue weighted by Gasteiger charge is -2.31. The van der Waals surface area contributed by atoms with Gasteiger partial charge in [-0.25, -0.2) is 0 Å². The van der Waals surface area contributed by atoms with Gasteiger partial charge < -0.3 is 9.57 Å². The maximum absolute atomic E-state index is 13.2. The fourth-order valence-corrected chi connectivity index (χ4v) is 2.94. The summed E-state index contributed by atoms with van der Waals surface area (Å²) in [4.78, 5) is 5.53. The number of ether oxygens (including phenoxy) is 1. The van der Waals surface area contributed by atoms with Gasteiger partial charge in [0.05, 0.1) is 5.71 Å². The Morgan fingerprint density at radius 1 is 0.958 bits per heavy atom. The number of halogens is 3. The third kappa shape index (κ3) is 2.35. The second-order valence-electron chi connectivity index (χ2n) is 5.67. The minimum atomic E-state index is -4.60. The predicted molar refractivity (Wildman–Crippen MR) is 81.6 cm³/mol. The maximum atomic E-state index is 13.2. The highest BCUT2D eigenvalue weighted by Gasteiger charge is 2.49. The van der Waals surface area contributed by atoms with E-state index in [1.165, 1.54) is 6.07 Å². The third-order valence-electron chi connectivity index (χ3n) is 4.06. The molecule has 1 spiro atoms. The van der Waals surface area contributed by atoms with Gasteiger partial charge in [0.1, 0.15) is 5.75 Å². The van der Waals surface area contributed by atoms with Crippen molar-refractivity contribution in [3.63, 3.8) is 0 Å². The molecule has 2 aromatic carbocycles. The van der Waals surface area contributed by atoms with Crippen molar-refractivity contribution in [2.75, 3.05) is 0 Å². The first-order valence-corrected chi connectivity index (χ1v) is 7.36. The van der Waals surface area contributed by atoms with Crippen molar-refractivity contribution in [1.82, 2.24) is 0 Å². The summed E-state index contributed by atoms with van der Waals surface area (Å²) < 4.78 is 44.6. The first kappa shape index (κ1) is 14.8. The molecule has 2 aliphatic rings. The molecule has 0 aliphatic carbocycles. The Labute approximate surface area is 136 Å². The van der Waals surface area contributed by atoms with Gasteiger partial charge in [-0.1, -0.05) is 53.7 Å². The molecule has 4 rings (SSSR count). The van der Waals surface area contributed by atoms with Crippen molar-refractivity contribution < 1.29 is 22.7 Å². The normalized spacial score (nSPS) is 22.3. The number of allylic oxidation sites excluding steroid dienone is 1. The molecule has 1 atom stereocenters. The van der Waals surface area contributed by atoms with Crippen LogP contribution in [0.1, 0.15) is 17.5 Å². The predicted octanol–water partition coefficient (Wildman–Crippen LogP) is 4.55. The Bertz CT molecular complexity index is 843. The third-order valence-corrected chi connectivity index (χ3v) is 4.06. The quantitative estimate of drug-likeness (QED) is 0.768. The van der Waals surface area contributed by atoms with Gasteiger partial charge >= 0.3 is 6.18 Å². The molecule has 0 saturated carbocycles. The number of oxime groups is 1. The maximum Gasteiger partial charge on any atom is 0.449 e. The van der Waals surface area contributed by atoms with Gasteiger partial charge in [-0.15, -0.1) is 0 Å². The van der Waals surface area contributed by atoms with Crippen LogP contribution in [0.15, 0.2) is 71.6 Å². The first-order valence-electron chi connectivity index (χ1n) is 7.36. The van der Waals surface area contributed by atoms with E-state index in [9.17, 15) is 13.2 Å². The number of para-hydroxylation sites is 1. The molecular weight excluding hydrogens is 319 g/mol. The smallest absolute Gasteiger partial charge is 0.449 e. The largest absolute Gasteiger partial charge is 0.452 e. The van der Waals surface area contributed by atoms with Crippen molar-refractivity contribution in [2.45, 2.75) is 18.2 Å². The summed E-state index contributed by atoms with van der Waals surface area (Å²) >= 11 is 0. The summed E-state index contributed by atoms with van der Waals surface area (Å²) in [6.07, 6.45) is -3.41. The fraction of sp³-hybridized carbons (Fsp3) is 0.167. The lowest BCUT2D eigenvalue weighted by atomic mass is 9.85. The molecule has 3 nitrogen and oxygen atoms in total. The van der Waals surface area contributed by atoms with Gasteiger partial charge in [-0.2, -0.15) is 13.2 Å². The second kappa shape index (κ2) is 5.12. The molecule has 0 N–H and O–H groups in total. The van der Waals surface area contributed by atoms with Crippen LogP contribution in [0.25, 0.3) is 0 Å². The molecule has 1 unspecified atom stereocenters. The van der Waals surface area contributed by atoms with Gasteiger partial charge in [0.15, 0.2) is 5.60 Å². The van der Waals surface area contributed by atoms with E-state index in [2.05, 4.69) is 5.16 Å². The summed E-state index contributed by atoms with van der Waals surface area (Å²) in [6.45, 7) is 0. The lowest BCUT2D eigenvalue weighted by molar-refractivity contribution is -0.122. The van der Waals surface area contributed by atoms with E-state index >= 15 is 0 Å². The van der Waals surface area contributed by atoms with E-state index in [-0.39, 0.29) is 12.2 Å². The Balaban J connectivity index is 1.78.